The molecule has 2 heteroatoms. The lowest BCUT2D eigenvalue weighted by atomic mass is 10.1. The molecule has 1 unspecified atom stereocenters. The molecule has 17 heavy (non-hydrogen) atoms. The van der Waals surface area contributed by atoms with E-state index < -0.39 is 0 Å². The van der Waals surface area contributed by atoms with Crippen LogP contribution in [0.4, 0.5) is 0 Å². The van der Waals surface area contributed by atoms with Gasteiger partial charge in [0.1, 0.15) is 11.3 Å². The van der Waals surface area contributed by atoms with Gasteiger partial charge in [-0.05, 0) is 43.9 Å². The molecule has 1 atom stereocenters. The first-order valence-electron chi connectivity index (χ1n) is 6.52. The molecule has 90 valence electrons. The molecule has 1 N–H and O–H groups in total. The van der Waals surface area contributed by atoms with Crippen molar-refractivity contribution in [2.75, 3.05) is 7.05 Å². The smallest absolute Gasteiger partial charge is 0.137 e. The van der Waals surface area contributed by atoms with E-state index in [1.807, 2.05) is 7.05 Å². The average molecular weight is 229 g/mol. The third kappa shape index (κ3) is 1.87. The second-order valence-corrected chi connectivity index (χ2v) is 4.94. The van der Waals surface area contributed by atoms with E-state index >= 15 is 0 Å². The Morgan fingerprint density at radius 1 is 1.41 bits per heavy atom. The topological polar surface area (TPSA) is 25.2 Å². The van der Waals surface area contributed by atoms with Gasteiger partial charge in [0.15, 0.2) is 0 Å². The molecule has 2 aromatic rings. The van der Waals surface area contributed by atoms with Crippen LogP contribution in [-0.4, -0.2) is 7.05 Å². The summed E-state index contributed by atoms with van der Waals surface area (Å²) in [5, 5.41) is 4.62. The lowest BCUT2D eigenvalue weighted by Crippen LogP contribution is -2.17. The summed E-state index contributed by atoms with van der Waals surface area (Å²) in [5.41, 5.74) is 2.38. The minimum Gasteiger partial charge on any atom is -0.459 e. The fourth-order valence-electron chi connectivity index (χ4n) is 2.61. The van der Waals surface area contributed by atoms with Gasteiger partial charge < -0.3 is 9.73 Å². The third-order valence-corrected chi connectivity index (χ3v) is 3.74. The van der Waals surface area contributed by atoms with Gasteiger partial charge >= 0.3 is 0 Å². The Labute approximate surface area is 102 Å². The van der Waals surface area contributed by atoms with Gasteiger partial charge in [0, 0.05) is 5.39 Å². The number of benzene rings is 1. The minimum absolute atomic E-state index is 0.395. The molecule has 1 aromatic heterocycles. The van der Waals surface area contributed by atoms with Gasteiger partial charge in [0.2, 0.25) is 0 Å². The van der Waals surface area contributed by atoms with Crippen molar-refractivity contribution in [1.29, 1.82) is 0 Å². The normalized spacial score (nSPS) is 17.5. The van der Waals surface area contributed by atoms with Crippen molar-refractivity contribution in [3.63, 3.8) is 0 Å². The highest BCUT2D eigenvalue weighted by atomic mass is 16.3. The van der Waals surface area contributed by atoms with E-state index in [0.717, 1.165) is 23.7 Å². The van der Waals surface area contributed by atoms with E-state index in [4.69, 9.17) is 4.42 Å². The summed E-state index contributed by atoms with van der Waals surface area (Å²) < 4.78 is 6.08. The van der Waals surface area contributed by atoms with Gasteiger partial charge in [-0.15, -0.1) is 0 Å². The molecule has 0 bridgehead atoms. The number of fused-ring (bicyclic) bond motifs is 1. The van der Waals surface area contributed by atoms with E-state index in [-0.39, 0.29) is 0 Å². The summed E-state index contributed by atoms with van der Waals surface area (Å²) in [6, 6.07) is 9.01. The molecule has 0 spiro atoms. The second kappa shape index (κ2) is 4.19. The molecular weight excluding hydrogens is 210 g/mol. The second-order valence-electron chi connectivity index (χ2n) is 4.94. The predicted molar refractivity (Wildman–Crippen MR) is 70.1 cm³/mol. The van der Waals surface area contributed by atoms with Crippen molar-refractivity contribution in [3.05, 3.63) is 35.6 Å². The van der Waals surface area contributed by atoms with E-state index in [1.165, 1.54) is 23.8 Å². The summed E-state index contributed by atoms with van der Waals surface area (Å²) in [5.74, 6) is 1.87. The number of nitrogens with one attached hydrogen (secondary N) is 1. The zero-order valence-electron chi connectivity index (χ0n) is 10.5. The van der Waals surface area contributed by atoms with Gasteiger partial charge in [0.25, 0.3) is 0 Å². The maximum atomic E-state index is 6.08. The van der Waals surface area contributed by atoms with Crippen LogP contribution >= 0.6 is 0 Å². The van der Waals surface area contributed by atoms with Crippen molar-refractivity contribution in [3.8, 4) is 0 Å². The highest BCUT2D eigenvalue weighted by Crippen LogP contribution is 2.42. The van der Waals surface area contributed by atoms with Gasteiger partial charge in [-0.1, -0.05) is 25.1 Å². The minimum atomic E-state index is 0.395. The maximum Gasteiger partial charge on any atom is 0.137 e. The van der Waals surface area contributed by atoms with Crippen LogP contribution < -0.4 is 5.32 Å². The van der Waals surface area contributed by atoms with Crippen molar-refractivity contribution in [2.24, 2.45) is 5.92 Å². The zero-order chi connectivity index (χ0) is 11.8. The average Bonchev–Trinajstić information content (AvgIpc) is 3.08. The molecule has 1 heterocycles. The first-order valence-corrected chi connectivity index (χ1v) is 6.52. The molecule has 1 aromatic carbocycles. The Bertz CT molecular complexity index is 525. The fourth-order valence-corrected chi connectivity index (χ4v) is 2.61. The van der Waals surface area contributed by atoms with Crippen LogP contribution in [0.5, 0.6) is 0 Å². The van der Waals surface area contributed by atoms with E-state index in [1.54, 1.807) is 0 Å². The van der Waals surface area contributed by atoms with E-state index in [9.17, 15) is 0 Å². The molecule has 3 rings (SSSR count). The summed E-state index contributed by atoms with van der Waals surface area (Å²) in [4.78, 5) is 0. The molecule has 0 aliphatic heterocycles. The first-order chi connectivity index (χ1) is 8.33. The number of rotatable bonds is 4. The Morgan fingerprint density at radius 3 is 2.88 bits per heavy atom. The Balaban J connectivity index is 2.05. The quantitative estimate of drug-likeness (QED) is 0.865. The van der Waals surface area contributed by atoms with E-state index in [0.29, 0.717) is 6.04 Å². The number of furan rings is 1. The van der Waals surface area contributed by atoms with Gasteiger partial charge in [-0.25, -0.2) is 0 Å². The Hall–Kier alpha value is -1.28. The van der Waals surface area contributed by atoms with Crippen LogP contribution in [0.25, 0.3) is 11.0 Å². The van der Waals surface area contributed by atoms with Crippen LogP contribution in [0.3, 0.4) is 0 Å². The lowest BCUT2D eigenvalue weighted by Gasteiger charge is -2.11. The number of aryl methyl sites for hydroxylation is 1. The van der Waals surface area contributed by atoms with Crippen LogP contribution in [0.15, 0.2) is 28.7 Å². The summed E-state index contributed by atoms with van der Waals surface area (Å²) in [7, 11) is 2.02. The lowest BCUT2D eigenvalue weighted by molar-refractivity contribution is 0.418. The van der Waals surface area contributed by atoms with Crippen LogP contribution in [0, 0.1) is 5.92 Å². The summed E-state index contributed by atoms with van der Waals surface area (Å²) >= 11 is 0. The predicted octanol–water partition coefficient (Wildman–Crippen LogP) is 3.67. The summed E-state index contributed by atoms with van der Waals surface area (Å²) in [6.45, 7) is 2.17. The zero-order valence-corrected chi connectivity index (χ0v) is 10.5. The Morgan fingerprint density at radius 2 is 2.24 bits per heavy atom. The van der Waals surface area contributed by atoms with Crippen LogP contribution in [0.1, 0.15) is 37.1 Å². The Kier molecular flexibility index (Phi) is 2.67. The van der Waals surface area contributed by atoms with Crippen molar-refractivity contribution in [2.45, 2.75) is 32.2 Å². The van der Waals surface area contributed by atoms with Gasteiger partial charge in [-0.2, -0.15) is 0 Å². The molecule has 0 amide bonds. The number of hydrogen-bond donors (Lipinski definition) is 1. The summed E-state index contributed by atoms with van der Waals surface area (Å²) in [6.07, 6.45) is 3.67. The monoisotopic (exact) mass is 229 g/mol. The molecular formula is C15H19NO. The molecule has 1 aliphatic carbocycles. The molecule has 1 saturated carbocycles. The highest BCUT2D eigenvalue weighted by molar-refractivity contribution is 5.81. The SMILES string of the molecule is CCc1cccc2cc(C(NC)C3CC3)oc12. The van der Waals surface area contributed by atoms with E-state index in [2.05, 4.69) is 36.5 Å². The van der Waals surface area contributed by atoms with Crippen molar-refractivity contribution < 1.29 is 4.42 Å². The van der Waals surface area contributed by atoms with Crippen LogP contribution in [0.2, 0.25) is 0 Å². The molecule has 2 nitrogen and oxygen atoms in total. The molecule has 0 radical (unpaired) electrons. The van der Waals surface area contributed by atoms with Crippen molar-refractivity contribution in [1.82, 2.24) is 5.32 Å². The first kappa shape index (κ1) is 10.8. The fraction of sp³-hybridized carbons (Fsp3) is 0.467. The van der Waals surface area contributed by atoms with Gasteiger partial charge in [0.05, 0.1) is 6.04 Å². The number of para-hydroxylation sites is 1. The van der Waals surface area contributed by atoms with Crippen molar-refractivity contribution >= 4 is 11.0 Å². The maximum absolute atomic E-state index is 6.08. The third-order valence-electron chi connectivity index (χ3n) is 3.74. The molecule has 1 fully saturated rings. The highest BCUT2D eigenvalue weighted by Gasteiger charge is 2.33. The molecule has 0 saturated heterocycles. The largest absolute Gasteiger partial charge is 0.459 e. The van der Waals surface area contributed by atoms with Crippen LogP contribution in [-0.2, 0) is 6.42 Å². The standard InChI is InChI=1S/C15H19NO/c1-3-10-5-4-6-12-9-13(17-15(10)12)14(16-2)11-7-8-11/h4-6,9,11,14,16H,3,7-8H2,1-2H3. The molecule has 1 aliphatic rings. The number of hydrogen-bond acceptors (Lipinski definition) is 2. The van der Waals surface area contributed by atoms with Gasteiger partial charge in [-0.3, -0.25) is 0 Å².